The molecule has 1 aliphatic carbocycles. The van der Waals surface area contributed by atoms with Gasteiger partial charge in [-0.05, 0) is 75.1 Å². The third-order valence-electron chi connectivity index (χ3n) is 6.23. The molecule has 6 heteroatoms. The highest BCUT2D eigenvalue weighted by atomic mass is 16.5. The number of piperidine rings is 1. The van der Waals surface area contributed by atoms with Crippen molar-refractivity contribution in [2.45, 2.75) is 52.0 Å². The van der Waals surface area contributed by atoms with Gasteiger partial charge < -0.3 is 15.0 Å². The predicted molar refractivity (Wildman–Crippen MR) is 118 cm³/mol. The number of carbonyl (C=O) groups excluding carboxylic acids is 1. The molecule has 1 aromatic carbocycles. The van der Waals surface area contributed by atoms with Crippen LogP contribution in [0.4, 0.5) is 5.95 Å². The van der Waals surface area contributed by atoms with Crippen LogP contribution < -0.4 is 15.0 Å². The summed E-state index contributed by atoms with van der Waals surface area (Å²) in [6, 6.07) is 10.2. The molecule has 1 N–H and O–H groups in total. The fourth-order valence-corrected chi connectivity index (χ4v) is 4.39. The van der Waals surface area contributed by atoms with Crippen molar-refractivity contribution in [1.29, 1.82) is 0 Å². The van der Waals surface area contributed by atoms with Crippen LogP contribution in [0.5, 0.6) is 5.75 Å². The zero-order valence-electron chi connectivity index (χ0n) is 18.2. The molecule has 1 saturated carbocycles. The Bertz CT molecular complexity index is 851. The van der Waals surface area contributed by atoms with Crippen molar-refractivity contribution in [3.8, 4) is 5.75 Å². The summed E-state index contributed by atoms with van der Waals surface area (Å²) in [6.07, 6.45) is 4.97. The van der Waals surface area contributed by atoms with Gasteiger partial charge in [0.05, 0.1) is 13.2 Å². The van der Waals surface area contributed by atoms with E-state index < -0.39 is 0 Å². The van der Waals surface area contributed by atoms with Gasteiger partial charge in [0.1, 0.15) is 5.75 Å². The lowest BCUT2D eigenvalue weighted by Gasteiger charge is -2.32. The van der Waals surface area contributed by atoms with E-state index in [9.17, 15) is 4.79 Å². The van der Waals surface area contributed by atoms with Gasteiger partial charge in [0, 0.05) is 30.9 Å². The van der Waals surface area contributed by atoms with E-state index in [1.165, 1.54) is 18.4 Å². The number of anilines is 1. The van der Waals surface area contributed by atoms with Gasteiger partial charge >= 0.3 is 0 Å². The summed E-state index contributed by atoms with van der Waals surface area (Å²) in [7, 11) is 1.67. The van der Waals surface area contributed by atoms with E-state index >= 15 is 0 Å². The SMILES string of the molecule is COc1ccc(C(NC(=O)CC2CCN(c3nc(C)cc(C)n3)CC2)C2CC2)cc1. The van der Waals surface area contributed by atoms with E-state index in [2.05, 4.69) is 32.3 Å². The fraction of sp³-hybridized carbons (Fsp3) is 0.542. The topological polar surface area (TPSA) is 67.3 Å². The first-order chi connectivity index (χ1) is 14.5. The number of nitrogens with one attached hydrogen (secondary N) is 1. The zero-order chi connectivity index (χ0) is 21.1. The Kier molecular flexibility index (Phi) is 6.21. The van der Waals surface area contributed by atoms with Gasteiger partial charge in [-0.25, -0.2) is 9.97 Å². The van der Waals surface area contributed by atoms with Gasteiger partial charge in [0.15, 0.2) is 0 Å². The lowest BCUT2D eigenvalue weighted by atomic mass is 9.92. The van der Waals surface area contributed by atoms with Crippen LogP contribution in [-0.2, 0) is 4.79 Å². The van der Waals surface area contributed by atoms with E-state index in [-0.39, 0.29) is 11.9 Å². The minimum atomic E-state index is 0.118. The number of nitrogens with zero attached hydrogens (tertiary/aromatic N) is 3. The minimum absolute atomic E-state index is 0.118. The Balaban J connectivity index is 1.30. The van der Waals surface area contributed by atoms with Crippen molar-refractivity contribution in [3.63, 3.8) is 0 Å². The first kappa shape index (κ1) is 20.6. The summed E-state index contributed by atoms with van der Waals surface area (Å²) in [6.45, 7) is 5.83. The highest BCUT2D eigenvalue weighted by molar-refractivity contribution is 5.76. The van der Waals surface area contributed by atoms with Gasteiger partial charge in [0.2, 0.25) is 11.9 Å². The molecule has 1 unspecified atom stereocenters. The monoisotopic (exact) mass is 408 g/mol. The van der Waals surface area contributed by atoms with Gasteiger partial charge in [-0.15, -0.1) is 0 Å². The van der Waals surface area contributed by atoms with Crippen LogP contribution in [-0.4, -0.2) is 36.1 Å². The van der Waals surface area contributed by atoms with Crippen molar-refractivity contribution in [2.24, 2.45) is 11.8 Å². The van der Waals surface area contributed by atoms with Crippen LogP contribution in [0, 0.1) is 25.7 Å². The van der Waals surface area contributed by atoms with E-state index in [1.54, 1.807) is 7.11 Å². The normalized spacial score (nSPS) is 18.2. The van der Waals surface area contributed by atoms with Crippen LogP contribution in [0.15, 0.2) is 30.3 Å². The number of methoxy groups -OCH3 is 1. The van der Waals surface area contributed by atoms with E-state index in [4.69, 9.17) is 4.74 Å². The predicted octanol–water partition coefficient (Wildman–Crippen LogP) is 3.98. The molecule has 1 amide bonds. The molecule has 160 valence electrons. The van der Waals surface area contributed by atoms with Crippen molar-refractivity contribution in [3.05, 3.63) is 47.3 Å². The van der Waals surface area contributed by atoms with E-state index in [0.29, 0.717) is 18.3 Å². The largest absolute Gasteiger partial charge is 0.497 e. The maximum absolute atomic E-state index is 12.8. The number of benzene rings is 1. The third-order valence-corrected chi connectivity index (χ3v) is 6.23. The van der Waals surface area contributed by atoms with Crippen LogP contribution in [0.3, 0.4) is 0 Å². The Morgan fingerprint density at radius 1 is 1.10 bits per heavy atom. The number of carbonyl (C=O) groups is 1. The molecule has 2 aliphatic rings. The van der Waals surface area contributed by atoms with Crippen LogP contribution in [0.1, 0.15) is 55.1 Å². The second-order valence-electron chi connectivity index (χ2n) is 8.74. The fourth-order valence-electron chi connectivity index (χ4n) is 4.39. The molecule has 30 heavy (non-hydrogen) atoms. The molecular weight excluding hydrogens is 376 g/mol. The number of hydrogen-bond acceptors (Lipinski definition) is 5. The van der Waals surface area contributed by atoms with Gasteiger partial charge in [-0.2, -0.15) is 0 Å². The number of amides is 1. The number of hydrogen-bond donors (Lipinski definition) is 1. The highest BCUT2D eigenvalue weighted by Gasteiger charge is 2.34. The zero-order valence-corrected chi connectivity index (χ0v) is 18.2. The quantitative estimate of drug-likeness (QED) is 0.751. The van der Waals surface area contributed by atoms with Crippen molar-refractivity contribution >= 4 is 11.9 Å². The standard InChI is InChI=1S/C24H32N4O2/c1-16-14-17(2)26-24(25-16)28-12-10-18(11-13-28)15-22(29)27-23(19-4-5-19)20-6-8-21(30-3)9-7-20/h6-9,14,18-19,23H,4-5,10-13,15H2,1-3H3,(H,27,29). The molecule has 1 atom stereocenters. The van der Waals surface area contributed by atoms with Crippen molar-refractivity contribution in [2.75, 3.05) is 25.1 Å². The molecule has 0 radical (unpaired) electrons. The first-order valence-corrected chi connectivity index (χ1v) is 11.0. The summed E-state index contributed by atoms with van der Waals surface area (Å²) in [5.41, 5.74) is 3.18. The smallest absolute Gasteiger partial charge is 0.225 e. The Hall–Kier alpha value is -2.63. The molecular formula is C24H32N4O2. The highest BCUT2D eigenvalue weighted by Crippen LogP contribution is 2.41. The second kappa shape index (κ2) is 9.02. The van der Waals surface area contributed by atoms with Gasteiger partial charge in [-0.1, -0.05) is 12.1 Å². The van der Waals surface area contributed by atoms with Crippen LogP contribution in [0.25, 0.3) is 0 Å². The summed E-state index contributed by atoms with van der Waals surface area (Å²) < 4.78 is 5.26. The molecule has 4 rings (SSSR count). The lowest BCUT2D eigenvalue weighted by Crippen LogP contribution is -2.37. The molecule has 0 spiro atoms. The second-order valence-corrected chi connectivity index (χ2v) is 8.74. The van der Waals surface area contributed by atoms with Crippen molar-refractivity contribution in [1.82, 2.24) is 15.3 Å². The Morgan fingerprint density at radius 3 is 2.30 bits per heavy atom. The van der Waals surface area contributed by atoms with E-state index in [0.717, 1.165) is 49.0 Å². The molecule has 6 nitrogen and oxygen atoms in total. The summed E-state index contributed by atoms with van der Waals surface area (Å²) in [5, 5.41) is 3.32. The van der Waals surface area contributed by atoms with Gasteiger partial charge in [0.25, 0.3) is 0 Å². The number of aromatic nitrogens is 2. The number of aryl methyl sites for hydroxylation is 2. The minimum Gasteiger partial charge on any atom is -0.497 e. The average molecular weight is 409 g/mol. The summed E-state index contributed by atoms with van der Waals surface area (Å²) in [5.74, 6) is 2.82. The average Bonchev–Trinajstić information content (AvgIpc) is 3.57. The van der Waals surface area contributed by atoms with E-state index in [1.807, 2.05) is 32.0 Å². The molecule has 1 aliphatic heterocycles. The molecule has 2 aromatic rings. The van der Waals surface area contributed by atoms with Crippen LogP contribution >= 0.6 is 0 Å². The van der Waals surface area contributed by atoms with Crippen LogP contribution in [0.2, 0.25) is 0 Å². The first-order valence-electron chi connectivity index (χ1n) is 11.0. The summed E-state index contributed by atoms with van der Waals surface area (Å²) >= 11 is 0. The Morgan fingerprint density at radius 2 is 1.73 bits per heavy atom. The third kappa shape index (κ3) is 5.10. The molecule has 0 bridgehead atoms. The Labute approximate surface area is 179 Å². The van der Waals surface area contributed by atoms with Crippen molar-refractivity contribution < 1.29 is 9.53 Å². The molecule has 2 fully saturated rings. The molecule has 1 saturated heterocycles. The van der Waals surface area contributed by atoms with Gasteiger partial charge in [-0.3, -0.25) is 4.79 Å². The maximum atomic E-state index is 12.8. The molecule has 2 heterocycles. The number of rotatable bonds is 7. The summed E-state index contributed by atoms with van der Waals surface area (Å²) in [4.78, 5) is 24.2. The molecule has 1 aromatic heterocycles. The maximum Gasteiger partial charge on any atom is 0.225 e. The lowest BCUT2D eigenvalue weighted by molar-refractivity contribution is -0.123. The number of ether oxygens (including phenoxy) is 1.